The maximum atomic E-state index is 6.33. The van der Waals surface area contributed by atoms with Crippen LogP contribution in [0.2, 0.25) is 0 Å². The van der Waals surface area contributed by atoms with Gasteiger partial charge in [0, 0.05) is 13.2 Å². The van der Waals surface area contributed by atoms with Crippen LogP contribution < -0.4 is 5.32 Å². The van der Waals surface area contributed by atoms with Gasteiger partial charge in [0.25, 0.3) is 0 Å². The van der Waals surface area contributed by atoms with Crippen LogP contribution in [0.3, 0.4) is 0 Å². The van der Waals surface area contributed by atoms with E-state index in [1.165, 1.54) is 18.5 Å². The van der Waals surface area contributed by atoms with E-state index in [0.717, 1.165) is 36.4 Å². The van der Waals surface area contributed by atoms with Crippen molar-refractivity contribution in [3.05, 3.63) is 16.4 Å². The van der Waals surface area contributed by atoms with Gasteiger partial charge in [0.05, 0.1) is 28.0 Å². The summed E-state index contributed by atoms with van der Waals surface area (Å²) in [5.41, 5.74) is 1.09. The number of nitrogens with zero attached hydrogens (tertiary/aromatic N) is 2. The monoisotopic (exact) mass is 357 g/mol. The Morgan fingerprint density at radius 2 is 2.14 bits per heavy atom. The molecule has 1 fully saturated rings. The molecule has 1 atom stereocenters. The summed E-state index contributed by atoms with van der Waals surface area (Å²) < 4.78 is 9.47. The van der Waals surface area contributed by atoms with Crippen molar-refractivity contribution in [2.45, 2.75) is 64.6 Å². The first kappa shape index (κ1) is 17.0. The first-order valence-electron chi connectivity index (χ1n) is 8.10. The van der Waals surface area contributed by atoms with Crippen LogP contribution in [-0.2, 0) is 11.3 Å². The SMILES string of the molecule is CCOC1(C(NC)c2c(Br)cnn2CC)CCC(C)CC1. The number of ether oxygens (including phenoxy) is 1. The molecule has 5 heteroatoms. The zero-order chi connectivity index (χ0) is 15.5. The Labute approximate surface area is 136 Å². The number of rotatable bonds is 6. The van der Waals surface area contributed by atoms with E-state index < -0.39 is 0 Å². The van der Waals surface area contributed by atoms with E-state index in [9.17, 15) is 0 Å². The number of halogens is 1. The van der Waals surface area contributed by atoms with Gasteiger partial charge in [-0.1, -0.05) is 6.92 Å². The lowest BCUT2D eigenvalue weighted by atomic mass is 9.74. The standard InChI is InChI=1S/C16H28BrN3O/c1-5-20-14(13(17)11-19-20)15(18-4)16(21-6-2)9-7-12(3)8-10-16/h11-12,15,18H,5-10H2,1-4H3. The van der Waals surface area contributed by atoms with Crippen molar-refractivity contribution in [1.29, 1.82) is 0 Å². The largest absolute Gasteiger partial charge is 0.373 e. The molecule has 2 rings (SSSR count). The Morgan fingerprint density at radius 3 is 2.67 bits per heavy atom. The lowest BCUT2D eigenvalue weighted by molar-refractivity contribution is -0.0979. The minimum Gasteiger partial charge on any atom is -0.373 e. The van der Waals surface area contributed by atoms with Gasteiger partial charge in [0.2, 0.25) is 0 Å². The molecule has 0 bridgehead atoms. The minimum absolute atomic E-state index is 0.120. The van der Waals surface area contributed by atoms with E-state index in [1.807, 2.05) is 13.2 Å². The Balaban J connectivity index is 2.38. The highest BCUT2D eigenvalue weighted by molar-refractivity contribution is 9.10. The summed E-state index contributed by atoms with van der Waals surface area (Å²) in [5.74, 6) is 0.801. The maximum absolute atomic E-state index is 6.33. The molecule has 0 amide bonds. The molecule has 1 N–H and O–H groups in total. The Hall–Kier alpha value is -0.390. The van der Waals surface area contributed by atoms with Crippen molar-refractivity contribution in [1.82, 2.24) is 15.1 Å². The van der Waals surface area contributed by atoms with Crippen LogP contribution in [0, 0.1) is 5.92 Å². The van der Waals surface area contributed by atoms with Gasteiger partial charge in [-0.15, -0.1) is 0 Å². The number of aromatic nitrogens is 2. The molecule has 1 aliphatic carbocycles. The summed E-state index contributed by atoms with van der Waals surface area (Å²) in [6.07, 6.45) is 6.57. The molecule has 1 aliphatic rings. The van der Waals surface area contributed by atoms with Crippen LogP contribution in [0.5, 0.6) is 0 Å². The van der Waals surface area contributed by atoms with Crippen molar-refractivity contribution in [3.8, 4) is 0 Å². The van der Waals surface area contributed by atoms with Crippen molar-refractivity contribution in [2.24, 2.45) is 5.92 Å². The number of likely N-dealkylation sites (N-methyl/N-ethyl adjacent to an activating group) is 1. The Morgan fingerprint density at radius 1 is 1.48 bits per heavy atom. The molecule has 0 spiro atoms. The van der Waals surface area contributed by atoms with Crippen LogP contribution >= 0.6 is 15.9 Å². The summed E-state index contributed by atoms with van der Waals surface area (Å²) in [4.78, 5) is 0. The second-order valence-electron chi connectivity index (χ2n) is 6.10. The zero-order valence-electron chi connectivity index (χ0n) is 13.7. The summed E-state index contributed by atoms with van der Waals surface area (Å²) in [5, 5.41) is 7.99. The first-order valence-corrected chi connectivity index (χ1v) is 8.89. The van der Waals surface area contributed by atoms with E-state index in [2.05, 4.69) is 51.8 Å². The van der Waals surface area contributed by atoms with Gasteiger partial charge in [0.1, 0.15) is 0 Å². The fourth-order valence-corrected chi connectivity index (χ4v) is 4.14. The molecular weight excluding hydrogens is 330 g/mol. The molecule has 1 unspecified atom stereocenters. The highest BCUT2D eigenvalue weighted by Gasteiger charge is 2.44. The van der Waals surface area contributed by atoms with Crippen LogP contribution in [-0.4, -0.2) is 29.0 Å². The summed E-state index contributed by atoms with van der Waals surface area (Å²) in [7, 11) is 2.03. The Bertz CT molecular complexity index is 452. The minimum atomic E-state index is -0.120. The topological polar surface area (TPSA) is 39.1 Å². The molecule has 0 saturated heterocycles. The van der Waals surface area contributed by atoms with Gasteiger partial charge in [-0.3, -0.25) is 4.68 Å². The molecule has 21 heavy (non-hydrogen) atoms. The third kappa shape index (κ3) is 3.35. The Kier molecular flexibility index (Phi) is 5.86. The molecule has 1 aromatic rings. The molecule has 0 aliphatic heterocycles. The molecular formula is C16H28BrN3O. The van der Waals surface area contributed by atoms with E-state index in [0.29, 0.717) is 0 Å². The van der Waals surface area contributed by atoms with E-state index in [-0.39, 0.29) is 11.6 Å². The second-order valence-corrected chi connectivity index (χ2v) is 6.95. The van der Waals surface area contributed by atoms with E-state index in [1.54, 1.807) is 0 Å². The van der Waals surface area contributed by atoms with E-state index in [4.69, 9.17) is 4.74 Å². The van der Waals surface area contributed by atoms with Gasteiger partial charge in [-0.05, 0) is 68.4 Å². The first-order chi connectivity index (χ1) is 10.1. The second kappa shape index (κ2) is 7.25. The van der Waals surface area contributed by atoms with Gasteiger partial charge in [-0.2, -0.15) is 5.10 Å². The summed E-state index contributed by atoms with van der Waals surface area (Å²) >= 11 is 3.67. The predicted molar refractivity (Wildman–Crippen MR) is 89.4 cm³/mol. The van der Waals surface area contributed by atoms with Gasteiger partial charge < -0.3 is 10.1 Å². The summed E-state index contributed by atoms with van der Waals surface area (Å²) in [6.45, 7) is 8.20. The van der Waals surface area contributed by atoms with Crippen LogP contribution in [0.4, 0.5) is 0 Å². The zero-order valence-corrected chi connectivity index (χ0v) is 15.2. The summed E-state index contributed by atoms with van der Waals surface area (Å²) in [6, 6.07) is 0.168. The third-order valence-corrected chi connectivity index (χ3v) is 5.38. The molecule has 1 heterocycles. The molecule has 120 valence electrons. The molecule has 0 aromatic carbocycles. The predicted octanol–water partition coefficient (Wildman–Crippen LogP) is 3.91. The lowest BCUT2D eigenvalue weighted by Crippen LogP contribution is -2.48. The third-order valence-electron chi connectivity index (χ3n) is 4.77. The number of nitrogens with one attached hydrogen (secondary N) is 1. The smallest absolute Gasteiger partial charge is 0.0891 e. The van der Waals surface area contributed by atoms with Crippen LogP contribution in [0.1, 0.15) is 58.2 Å². The van der Waals surface area contributed by atoms with Gasteiger partial charge >= 0.3 is 0 Å². The van der Waals surface area contributed by atoms with Crippen LogP contribution in [0.25, 0.3) is 0 Å². The molecule has 1 aromatic heterocycles. The van der Waals surface area contributed by atoms with Gasteiger partial charge in [0.15, 0.2) is 0 Å². The normalized spacial score (nSPS) is 27.8. The molecule has 1 saturated carbocycles. The quantitative estimate of drug-likeness (QED) is 0.838. The molecule has 0 radical (unpaired) electrons. The lowest BCUT2D eigenvalue weighted by Gasteiger charge is -2.44. The van der Waals surface area contributed by atoms with E-state index >= 15 is 0 Å². The highest BCUT2D eigenvalue weighted by Crippen LogP contribution is 2.44. The van der Waals surface area contributed by atoms with Gasteiger partial charge in [-0.25, -0.2) is 0 Å². The highest BCUT2D eigenvalue weighted by atomic mass is 79.9. The average Bonchev–Trinajstić information content (AvgIpc) is 2.84. The number of aryl methyl sites for hydroxylation is 1. The van der Waals surface area contributed by atoms with Crippen molar-refractivity contribution in [3.63, 3.8) is 0 Å². The fourth-order valence-electron chi connectivity index (χ4n) is 3.61. The van der Waals surface area contributed by atoms with Crippen molar-refractivity contribution < 1.29 is 4.74 Å². The number of hydrogen-bond acceptors (Lipinski definition) is 3. The average molecular weight is 358 g/mol. The van der Waals surface area contributed by atoms with Crippen LogP contribution in [0.15, 0.2) is 10.7 Å². The van der Waals surface area contributed by atoms with Crippen molar-refractivity contribution >= 4 is 15.9 Å². The maximum Gasteiger partial charge on any atom is 0.0891 e. The number of hydrogen-bond donors (Lipinski definition) is 1. The molecule has 4 nitrogen and oxygen atoms in total. The van der Waals surface area contributed by atoms with Crippen molar-refractivity contribution in [2.75, 3.05) is 13.7 Å². The fraction of sp³-hybridized carbons (Fsp3) is 0.812.